The fraction of sp³-hybridized carbons (Fsp3) is 0.333. The van der Waals surface area contributed by atoms with Crippen molar-refractivity contribution in [2.45, 2.75) is 13.8 Å². The van der Waals surface area contributed by atoms with Crippen molar-refractivity contribution in [2.75, 3.05) is 13.2 Å². The summed E-state index contributed by atoms with van der Waals surface area (Å²) in [6, 6.07) is 6.18. The van der Waals surface area contributed by atoms with Crippen LogP contribution in [0.3, 0.4) is 0 Å². The van der Waals surface area contributed by atoms with E-state index < -0.39 is 11.9 Å². The Bertz CT molecular complexity index is 336. The van der Waals surface area contributed by atoms with E-state index in [-0.39, 0.29) is 29.6 Å². The van der Waals surface area contributed by atoms with Crippen LogP contribution in [0.2, 0.25) is 0 Å². The molecule has 0 atom stereocenters. The first kappa shape index (κ1) is 16.2. The Balaban J connectivity index is 0.00000256. The van der Waals surface area contributed by atoms with Crippen LogP contribution in [0.5, 0.6) is 0 Å². The van der Waals surface area contributed by atoms with E-state index in [1.165, 1.54) is 0 Å². The van der Waals surface area contributed by atoms with E-state index in [1.54, 1.807) is 38.1 Å². The number of benzene rings is 1. The van der Waals surface area contributed by atoms with Gasteiger partial charge in [0.05, 0.1) is 24.3 Å². The number of hydrogen-bond acceptors (Lipinski definition) is 4. The molecule has 0 bridgehead atoms. The number of hydrogen-bond donors (Lipinski definition) is 0. The molecule has 0 aliphatic carbocycles. The quantitative estimate of drug-likeness (QED) is 0.595. The molecular formula is C12H15NaO4. The molecule has 0 heterocycles. The van der Waals surface area contributed by atoms with Gasteiger partial charge >= 0.3 is 41.5 Å². The summed E-state index contributed by atoms with van der Waals surface area (Å²) < 4.78 is 9.64. The van der Waals surface area contributed by atoms with Crippen LogP contribution in [0.4, 0.5) is 0 Å². The summed E-state index contributed by atoms with van der Waals surface area (Å²) in [5.41, 5.74) is 0.852. The Morgan fingerprint density at radius 1 is 0.882 bits per heavy atom. The van der Waals surface area contributed by atoms with Crippen LogP contribution in [0.25, 0.3) is 0 Å². The van der Waals surface area contributed by atoms with Crippen molar-refractivity contribution in [3.8, 4) is 0 Å². The predicted octanol–water partition coefficient (Wildman–Crippen LogP) is 1.39. The Hall–Kier alpha value is -0.840. The minimum atomic E-state index is -0.391. The van der Waals surface area contributed by atoms with Crippen LogP contribution in [0.15, 0.2) is 24.3 Å². The van der Waals surface area contributed by atoms with Crippen molar-refractivity contribution >= 4 is 41.5 Å². The molecule has 0 amide bonds. The Morgan fingerprint density at radius 3 is 1.41 bits per heavy atom. The molecule has 5 heteroatoms. The van der Waals surface area contributed by atoms with E-state index in [4.69, 9.17) is 9.47 Å². The topological polar surface area (TPSA) is 52.6 Å². The van der Waals surface area contributed by atoms with Gasteiger partial charge in [-0.15, -0.1) is 0 Å². The molecule has 1 rings (SSSR count). The van der Waals surface area contributed by atoms with E-state index in [1.807, 2.05) is 0 Å². The number of esters is 2. The number of ether oxygens (including phenoxy) is 2. The fourth-order valence-corrected chi connectivity index (χ4v) is 1.17. The number of rotatable bonds is 4. The summed E-state index contributed by atoms with van der Waals surface area (Å²) in [4.78, 5) is 22.6. The van der Waals surface area contributed by atoms with E-state index in [9.17, 15) is 9.59 Å². The molecule has 0 radical (unpaired) electrons. The van der Waals surface area contributed by atoms with Gasteiger partial charge in [0.25, 0.3) is 0 Å². The summed E-state index contributed by atoms with van der Waals surface area (Å²) in [6.45, 7) is 4.15. The van der Waals surface area contributed by atoms with Gasteiger partial charge in [-0.1, -0.05) is 0 Å². The van der Waals surface area contributed by atoms with Gasteiger partial charge < -0.3 is 9.47 Å². The molecule has 0 unspecified atom stereocenters. The zero-order valence-electron chi connectivity index (χ0n) is 9.36. The van der Waals surface area contributed by atoms with Crippen molar-refractivity contribution in [1.29, 1.82) is 0 Å². The van der Waals surface area contributed by atoms with Gasteiger partial charge in [0.2, 0.25) is 0 Å². The van der Waals surface area contributed by atoms with Crippen molar-refractivity contribution in [3.63, 3.8) is 0 Å². The predicted molar refractivity (Wildman–Crippen MR) is 65.5 cm³/mol. The second-order valence-corrected chi connectivity index (χ2v) is 3.02. The summed E-state index contributed by atoms with van der Waals surface area (Å²) in [6.07, 6.45) is 0. The van der Waals surface area contributed by atoms with Crippen LogP contribution in [0.1, 0.15) is 34.6 Å². The van der Waals surface area contributed by atoms with Gasteiger partial charge in [0, 0.05) is 0 Å². The number of carbonyl (C=O) groups excluding carboxylic acids is 2. The molecule has 0 saturated carbocycles. The van der Waals surface area contributed by atoms with Crippen LogP contribution >= 0.6 is 0 Å². The van der Waals surface area contributed by atoms with Crippen LogP contribution < -0.4 is 0 Å². The Labute approximate surface area is 123 Å². The van der Waals surface area contributed by atoms with Gasteiger partial charge in [-0.2, -0.15) is 0 Å². The van der Waals surface area contributed by atoms with Crippen LogP contribution in [-0.2, 0) is 9.47 Å². The van der Waals surface area contributed by atoms with Gasteiger partial charge in [-0.25, -0.2) is 9.59 Å². The van der Waals surface area contributed by atoms with E-state index in [2.05, 4.69) is 0 Å². The first-order valence-electron chi connectivity index (χ1n) is 5.13. The standard InChI is InChI=1S/C12H14O4.Na.H/c1-3-15-11(13)9-5-7-10(8-6-9)12(14)16-4-2;;/h5-8H,3-4H2,1-2H3;;. The number of carbonyl (C=O) groups is 2. The molecule has 0 aromatic heterocycles. The molecule has 0 spiro atoms. The maximum absolute atomic E-state index is 11.3. The molecule has 0 N–H and O–H groups in total. The van der Waals surface area contributed by atoms with Gasteiger partial charge in [0.1, 0.15) is 0 Å². The third kappa shape index (κ3) is 4.89. The molecular weight excluding hydrogens is 231 g/mol. The molecule has 0 aliphatic rings. The summed E-state index contributed by atoms with van der Waals surface area (Å²) in [5, 5.41) is 0. The van der Waals surface area contributed by atoms with Crippen molar-refractivity contribution in [2.24, 2.45) is 0 Å². The average Bonchev–Trinajstić information content (AvgIpc) is 2.30. The molecule has 17 heavy (non-hydrogen) atoms. The first-order valence-corrected chi connectivity index (χ1v) is 5.13. The summed E-state index contributed by atoms with van der Waals surface area (Å²) in [5.74, 6) is -0.782. The first-order chi connectivity index (χ1) is 7.69. The zero-order chi connectivity index (χ0) is 12.0. The average molecular weight is 246 g/mol. The maximum atomic E-state index is 11.3. The normalized spacial score (nSPS) is 9.06. The fourth-order valence-electron chi connectivity index (χ4n) is 1.17. The summed E-state index contributed by atoms with van der Waals surface area (Å²) in [7, 11) is 0. The molecule has 0 aliphatic heterocycles. The van der Waals surface area contributed by atoms with Crippen LogP contribution in [0, 0.1) is 0 Å². The Morgan fingerprint density at radius 2 is 1.18 bits per heavy atom. The van der Waals surface area contributed by atoms with Crippen molar-refractivity contribution < 1.29 is 19.1 Å². The van der Waals surface area contributed by atoms with E-state index in [0.717, 1.165) is 0 Å². The zero-order valence-corrected chi connectivity index (χ0v) is 9.36. The third-order valence-corrected chi connectivity index (χ3v) is 1.91. The molecule has 1 aromatic rings. The SMILES string of the molecule is CCOC(=O)c1ccc(C(=O)OCC)cc1.[NaH]. The van der Waals surface area contributed by atoms with Crippen LogP contribution in [-0.4, -0.2) is 54.7 Å². The van der Waals surface area contributed by atoms with Gasteiger partial charge in [-0.3, -0.25) is 0 Å². The monoisotopic (exact) mass is 246 g/mol. The third-order valence-electron chi connectivity index (χ3n) is 1.91. The van der Waals surface area contributed by atoms with Gasteiger partial charge in [0.15, 0.2) is 0 Å². The molecule has 0 fully saturated rings. The minimum absolute atomic E-state index is 0. The van der Waals surface area contributed by atoms with E-state index in [0.29, 0.717) is 24.3 Å². The second kappa shape index (κ2) is 8.28. The molecule has 4 nitrogen and oxygen atoms in total. The molecule has 0 saturated heterocycles. The molecule has 1 aromatic carbocycles. The Kier molecular flexibility index (Phi) is 7.87. The van der Waals surface area contributed by atoms with Crippen molar-refractivity contribution in [3.05, 3.63) is 35.4 Å². The van der Waals surface area contributed by atoms with E-state index >= 15 is 0 Å². The van der Waals surface area contributed by atoms with Crippen molar-refractivity contribution in [1.82, 2.24) is 0 Å². The summed E-state index contributed by atoms with van der Waals surface area (Å²) >= 11 is 0. The second-order valence-electron chi connectivity index (χ2n) is 3.02. The molecule has 88 valence electrons. The van der Waals surface area contributed by atoms with Gasteiger partial charge in [-0.05, 0) is 38.1 Å².